The monoisotopic (exact) mass is 782 g/mol. The fraction of sp³-hybridized carbons (Fsp3) is 0.911. The summed E-state index contributed by atoms with van der Waals surface area (Å²) in [7, 11) is 0. The van der Waals surface area contributed by atoms with Gasteiger partial charge in [0.05, 0.1) is 19.7 Å². The average Bonchev–Trinajstić information content (AvgIpc) is 4.02. The molecule has 0 aromatic heterocycles. The predicted octanol–water partition coefficient (Wildman–Crippen LogP) is 11.9. The molecule has 10 nitrogen and oxygen atoms in total. The van der Waals surface area contributed by atoms with Crippen molar-refractivity contribution in [1.82, 2.24) is 10.6 Å². The highest BCUT2D eigenvalue weighted by Gasteiger charge is 2.20. The Kier molecular flexibility index (Phi) is 42.5. The van der Waals surface area contributed by atoms with Crippen LogP contribution >= 0.6 is 0 Å². The summed E-state index contributed by atoms with van der Waals surface area (Å²) in [5.74, 6) is -0.693. The molecule has 1 atom stereocenters. The highest BCUT2D eigenvalue weighted by molar-refractivity contribution is 5.73. The van der Waals surface area contributed by atoms with E-state index in [4.69, 9.17) is 9.84 Å². The molecule has 3 rings (SSSR count). The number of carbonyl (C=O) groups excluding carboxylic acids is 2. The van der Waals surface area contributed by atoms with Gasteiger partial charge < -0.3 is 30.0 Å². The van der Waals surface area contributed by atoms with Crippen molar-refractivity contribution in [1.29, 1.82) is 0 Å². The van der Waals surface area contributed by atoms with E-state index in [0.717, 1.165) is 45.4 Å². The Hall–Kier alpha value is -2.36. The topological polar surface area (TPSA) is 136 Å². The van der Waals surface area contributed by atoms with Gasteiger partial charge in [0.15, 0.2) is 6.40 Å². The number of amides is 1. The standard InChI is InChI=1S/C34H68O2.C5H9NO2.C3H5NO2.C3H5NO/c1-3-5-7-9-11-13-15-17-18-19-21-23-25-27-29-31-33-36-34(35)32-30-28-26-24-22-20-16-14-12-10-8-6-4-2;7-5(8)4-2-1-3-6-4;5-3-4-1-2-6-3;1-2-5-3-4-1/h3-33H2,1-2H3;4,6H,1-3H2,(H,7,8);1-2H2,(H,4,5);3H,1-2H2. The lowest BCUT2D eigenvalue weighted by Crippen LogP contribution is -2.29. The third-order valence-corrected chi connectivity index (χ3v) is 10.2. The van der Waals surface area contributed by atoms with Crippen LogP contribution in [0.4, 0.5) is 4.79 Å². The number of aliphatic carboxylic acids is 1. The molecule has 10 heteroatoms. The summed E-state index contributed by atoms with van der Waals surface area (Å²) in [5, 5.41) is 13.7. The van der Waals surface area contributed by atoms with Gasteiger partial charge in [-0.05, 0) is 32.2 Å². The first-order valence-electron chi connectivity index (χ1n) is 23.1. The van der Waals surface area contributed by atoms with E-state index in [1.165, 1.54) is 180 Å². The molecule has 3 aliphatic heterocycles. The quantitative estimate of drug-likeness (QED) is 0.0453. The van der Waals surface area contributed by atoms with Crippen LogP contribution in [0, 0.1) is 0 Å². The minimum absolute atomic E-state index is 0.0269. The zero-order valence-corrected chi connectivity index (χ0v) is 35.9. The van der Waals surface area contributed by atoms with E-state index in [1.54, 1.807) is 0 Å². The molecule has 55 heavy (non-hydrogen) atoms. The van der Waals surface area contributed by atoms with Crippen molar-refractivity contribution < 1.29 is 33.7 Å². The van der Waals surface area contributed by atoms with E-state index in [9.17, 15) is 14.4 Å². The molecule has 0 saturated carbocycles. The molecule has 3 N–H and O–H groups in total. The molecule has 0 bridgehead atoms. The van der Waals surface area contributed by atoms with Gasteiger partial charge in [-0.3, -0.25) is 14.6 Å². The molecule has 0 spiro atoms. The molecular formula is C45H87N3O7. The highest BCUT2D eigenvalue weighted by Crippen LogP contribution is 2.15. The Bertz CT molecular complexity index is 853. The number of aliphatic imine (C=N–C) groups is 1. The van der Waals surface area contributed by atoms with Crippen molar-refractivity contribution in [2.75, 3.05) is 39.5 Å². The number of carboxylic acid groups (broad SMARTS) is 1. The third-order valence-electron chi connectivity index (χ3n) is 10.2. The van der Waals surface area contributed by atoms with E-state index < -0.39 is 5.97 Å². The van der Waals surface area contributed by atoms with Crippen molar-refractivity contribution in [3.63, 3.8) is 0 Å². The van der Waals surface area contributed by atoms with E-state index in [1.807, 2.05) is 0 Å². The first-order chi connectivity index (χ1) is 27.0. The van der Waals surface area contributed by atoms with Crippen LogP contribution in [0.5, 0.6) is 0 Å². The summed E-state index contributed by atoms with van der Waals surface area (Å²) >= 11 is 0. The molecule has 1 amide bonds. The second-order valence-electron chi connectivity index (χ2n) is 15.4. The van der Waals surface area contributed by atoms with E-state index in [-0.39, 0.29) is 18.1 Å². The summed E-state index contributed by atoms with van der Waals surface area (Å²) in [5.41, 5.74) is 0. The largest absolute Gasteiger partial charge is 0.482 e. The van der Waals surface area contributed by atoms with Crippen LogP contribution in [0.3, 0.4) is 0 Å². The number of unbranched alkanes of at least 4 members (excludes halogenated alkanes) is 27. The van der Waals surface area contributed by atoms with Gasteiger partial charge in [-0.25, -0.2) is 4.79 Å². The van der Waals surface area contributed by atoms with Crippen LogP contribution in [-0.2, 0) is 23.8 Å². The Morgan fingerprint density at radius 3 is 1.40 bits per heavy atom. The zero-order chi connectivity index (χ0) is 40.1. The van der Waals surface area contributed by atoms with Gasteiger partial charge in [0, 0.05) is 6.42 Å². The number of nitrogens with one attached hydrogen (secondary N) is 2. The Balaban J connectivity index is 0.00000121. The molecule has 3 aliphatic rings. The molecule has 0 aliphatic carbocycles. The fourth-order valence-electron chi connectivity index (χ4n) is 6.70. The number of ether oxygens (including phenoxy) is 3. The normalized spacial score (nSPS) is 15.4. The Morgan fingerprint density at radius 1 is 0.673 bits per heavy atom. The second kappa shape index (κ2) is 44.4. The van der Waals surface area contributed by atoms with Crippen LogP contribution in [0.2, 0.25) is 0 Å². The summed E-state index contributed by atoms with van der Waals surface area (Å²) in [6.45, 7) is 8.88. The SMILES string of the molecule is C1=NCCO1.CCCCCCCCCCCCCCCCCCOC(=O)CCCCCCCCCCCCCCC.O=C(O)C1CCCN1.O=C1NCCO1. The first-order valence-corrected chi connectivity index (χ1v) is 23.1. The van der Waals surface area contributed by atoms with Crippen molar-refractivity contribution in [3.8, 4) is 0 Å². The van der Waals surface area contributed by atoms with Crippen molar-refractivity contribution in [2.24, 2.45) is 4.99 Å². The maximum absolute atomic E-state index is 11.9. The van der Waals surface area contributed by atoms with E-state index >= 15 is 0 Å². The van der Waals surface area contributed by atoms with Gasteiger partial charge in [-0.1, -0.05) is 187 Å². The molecule has 2 saturated heterocycles. The lowest BCUT2D eigenvalue weighted by Gasteiger charge is -2.06. The van der Waals surface area contributed by atoms with Crippen LogP contribution in [0.1, 0.15) is 219 Å². The molecule has 0 radical (unpaired) electrons. The molecule has 324 valence electrons. The molecule has 1 unspecified atom stereocenters. The number of carboxylic acids is 1. The molecule has 2 fully saturated rings. The molecule has 0 aromatic rings. The minimum Gasteiger partial charge on any atom is -0.482 e. The summed E-state index contributed by atoms with van der Waals surface area (Å²) in [6.07, 6.45) is 43.1. The van der Waals surface area contributed by atoms with Gasteiger partial charge in [0.1, 0.15) is 19.3 Å². The Labute approximate surface area is 337 Å². The number of hydrogen-bond donors (Lipinski definition) is 3. The zero-order valence-electron chi connectivity index (χ0n) is 35.9. The Morgan fingerprint density at radius 2 is 1.13 bits per heavy atom. The van der Waals surface area contributed by atoms with Crippen LogP contribution in [0.15, 0.2) is 4.99 Å². The molecule has 0 aromatic carbocycles. The third kappa shape index (κ3) is 42.6. The number of esters is 1. The van der Waals surface area contributed by atoms with E-state index in [2.05, 4.69) is 38.9 Å². The number of nitrogens with zero attached hydrogens (tertiary/aromatic N) is 1. The van der Waals surface area contributed by atoms with Gasteiger partial charge in [0.2, 0.25) is 0 Å². The van der Waals surface area contributed by atoms with Gasteiger partial charge >= 0.3 is 18.0 Å². The predicted molar refractivity (Wildman–Crippen MR) is 228 cm³/mol. The van der Waals surface area contributed by atoms with Gasteiger partial charge in [-0.15, -0.1) is 0 Å². The highest BCUT2D eigenvalue weighted by atomic mass is 16.6. The smallest absolute Gasteiger partial charge is 0.407 e. The first kappa shape index (κ1) is 52.6. The summed E-state index contributed by atoms with van der Waals surface area (Å²) in [4.78, 5) is 35.7. The minimum atomic E-state index is -0.720. The lowest BCUT2D eigenvalue weighted by atomic mass is 10.0. The van der Waals surface area contributed by atoms with Gasteiger partial charge in [0.25, 0.3) is 0 Å². The molecule has 3 heterocycles. The summed E-state index contributed by atoms with van der Waals surface area (Å²) < 4.78 is 14.5. The fourth-order valence-corrected chi connectivity index (χ4v) is 6.70. The number of rotatable bonds is 32. The van der Waals surface area contributed by atoms with E-state index in [0.29, 0.717) is 26.2 Å². The number of cyclic esters (lactones) is 1. The summed E-state index contributed by atoms with van der Waals surface area (Å²) in [6, 6.07) is -0.269. The number of hydrogen-bond acceptors (Lipinski definition) is 8. The average molecular weight is 782 g/mol. The van der Waals surface area contributed by atoms with Crippen molar-refractivity contribution in [3.05, 3.63) is 0 Å². The second-order valence-corrected chi connectivity index (χ2v) is 15.4. The van der Waals surface area contributed by atoms with Crippen LogP contribution in [0.25, 0.3) is 0 Å². The van der Waals surface area contributed by atoms with Gasteiger partial charge in [-0.2, -0.15) is 0 Å². The maximum Gasteiger partial charge on any atom is 0.407 e. The maximum atomic E-state index is 11.9. The van der Waals surface area contributed by atoms with Crippen LogP contribution in [-0.4, -0.2) is 75.0 Å². The number of alkyl carbamates (subject to hydrolysis) is 1. The lowest BCUT2D eigenvalue weighted by molar-refractivity contribution is -0.144. The molecular weight excluding hydrogens is 695 g/mol. The van der Waals surface area contributed by atoms with Crippen LogP contribution < -0.4 is 10.6 Å². The van der Waals surface area contributed by atoms with Crippen molar-refractivity contribution in [2.45, 2.75) is 225 Å². The number of carbonyl (C=O) groups is 3. The van der Waals surface area contributed by atoms with Crippen molar-refractivity contribution >= 4 is 24.4 Å².